The van der Waals surface area contributed by atoms with Gasteiger partial charge < -0.3 is 10.4 Å². The summed E-state index contributed by atoms with van der Waals surface area (Å²) in [7, 11) is 0. The van der Waals surface area contributed by atoms with Gasteiger partial charge in [0.1, 0.15) is 0 Å². The number of thioether (sulfide) groups is 2. The number of rotatable bonds is 5. The molecule has 1 fully saturated rings. The zero-order valence-corrected chi connectivity index (χ0v) is 11.9. The molecule has 5 heteroatoms. The largest absolute Gasteiger partial charge is 0.478 e. The molecule has 0 amide bonds. The predicted molar refractivity (Wildman–Crippen MR) is 79.2 cm³/mol. The molecule has 1 aromatic rings. The lowest BCUT2D eigenvalue weighted by molar-refractivity contribution is 0.0694. The molecular formula is C13H17NO2S2. The number of carboxylic acids is 1. The van der Waals surface area contributed by atoms with Crippen molar-refractivity contribution >= 4 is 35.2 Å². The maximum Gasteiger partial charge on any atom is 0.338 e. The summed E-state index contributed by atoms with van der Waals surface area (Å²) >= 11 is 3.49. The predicted octanol–water partition coefficient (Wildman–Crippen LogP) is 3.41. The summed E-state index contributed by atoms with van der Waals surface area (Å²) in [6.07, 6.45) is 1.11. The molecule has 18 heavy (non-hydrogen) atoms. The minimum absolute atomic E-state index is 0.398. The number of carboxylic acid groups (broad SMARTS) is 1. The fourth-order valence-electron chi connectivity index (χ4n) is 2.02. The van der Waals surface area contributed by atoms with Crippen molar-refractivity contribution in [1.29, 1.82) is 0 Å². The van der Waals surface area contributed by atoms with Crippen molar-refractivity contribution in [3.05, 3.63) is 23.8 Å². The van der Waals surface area contributed by atoms with E-state index in [1.807, 2.05) is 36.9 Å². The fraction of sp³-hybridized carbons (Fsp3) is 0.462. The molecule has 1 aliphatic heterocycles. The van der Waals surface area contributed by atoms with Gasteiger partial charge in [0.25, 0.3) is 0 Å². The number of benzene rings is 1. The summed E-state index contributed by atoms with van der Waals surface area (Å²) in [5.74, 6) is 2.25. The number of carbonyl (C=O) groups is 1. The Morgan fingerprint density at radius 1 is 1.61 bits per heavy atom. The van der Waals surface area contributed by atoms with Crippen LogP contribution in [0.2, 0.25) is 0 Å². The fourth-order valence-corrected chi connectivity index (χ4v) is 4.00. The van der Waals surface area contributed by atoms with Gasteiger partial charge in [-0.3, -0.25) is 0 Å². The number of aromatic carboxylic acids is 1. The van der Waals surface area contributed by atoms with Crippen molar-refractivity contribution < 1.29 is 9.90 Å². The summed E-state index contributed by atoms with van der Waals surface area (Å²) in [6, 6.07) is 6.07. The van der Waals surface area contributed by atoms with Crippen molar-refractivity contribution in [3.8, 4) is 0 Å². The van der Waals surface area contributed by atoms with Gasteiger partial charge in [0, 0.05) is 16.7 Å². The Hall–Kier alpha value is -0.810. The molecule has 1 unspecified atom stereocenters. The molecule has 3 nitrogen and oxygen atoms in total. The van der Waals surface area contributed by atoms with Crippen LogP contribution in [-0.4, -0.2) is 34.4 Å². The smallest absolute Gasteiger partial charge is 0.338 e. The Morgan fingerprint density at radius 2 is 2.44 bits per heavy atom. The van der Waals surface area contributed by atoms with E-state index in [1.54, 1.807) is 11.8 Å². The van der Waals surface area contributed by atoms with Gasteiger partial charge >= 0.3 is 5.97 Å². The summed E-state index contributed by atoms with van der Waals surface area (Å²) in [4.78, 5) is 12.3. The molecule has 2 N–H and O–H groups in total. The number of anilines is 1. The summed E-state index contributed by atoms with van der Waals surface area (Å²) < 4.78 is 0. The van der Waals surface area contributed by atoms with Crippen LogP contribution in [0.25, 0.3) is 0 Å². The number of nitrogens with one attached hydrogen (secondary N) is 1. The third-order valence-corrected chi connectivity index (χ3v) is 4.93. The second-order valence-electron chi connectivity index (χ2n) is 4.12. The molecule has 1 atom stereocenters. The first-order chi connectivity index (χ1) is 8.72. The topological polar surface area (TPSA) is 49.3 Å². The van der Waals surface area contributed by atoms with Gasteiger partial charge in [-0.25, -0.2) is 4.79 Å². The first kappa shape index (κ1) is 13.6. The van der Waals surface area contributed by atoms with Crippen molar-refractivity contribution in [2.24, 2.45) is 0 Å². The lowest BCUT2D eigenvalue weighted by Gasteiger charge is -2.16. The van der Waals surface area contributed by atoms with E-state index >= 15 is 0 Å². The van der Waals surface area contributed by atoms with Crippen LogP contribution in [0.15, 0.2) is 23.1 Å². The Balaban J connectivity index is 2.26. The molecule has 1 heterocycles. The first-order valence-electron chi connectivity index (χ1n) is 6.05. The van der Waals surface area contributed by atoms with Crippen LogP contribution in [0.1, 0.15) is 23.7 Å². The molecule has 0 bridgehead atoms. The average Bonchev–Trinajstić information content (AvgIpc) is 2.82. The van der Waals surface area contributed by atoms with E-state index in [2.05, 4.69) is 5.32 Å². The van der Waals surface area contributed by atoms with E-state index < -0.39 is 5.97 Å². The molecular weight excluding hydrogens is 266 g/mol. The van der Waals surface area contributed by atoms with Crippen LogP contribution in [0, 0.1) is 0 Å². The summed E-state index contributed by atoms with van der Waals surface area (Å²) in [5.41, 5.74) is 1.18. The summed E-state index contributed by atoms with van der Waals surface area (Å²) in [5, 5.41) is 12.8. The molecule has 0 aromatic heterocycles. The van der Waals surface area contributed by atoms with E-state index in [-0.39, 0.29) is 0 Å². The Bertz CT molecular complexity index is 431. The third-order valence-electron chi connectivity index (χ3n) is 2.83. The van der Waals surface area contributed by atoms with Crippen LogP contribution < -0.4 is 5.32 Å². The minimum atomic E-state index is -0.847. The van der Waals surface area contributed by atoms with E-state index in [4.69, 9.17) is 0 Å². The highest BCUT2D eigenvalue weighted by molar-refractivity contribution is 7.99. The van der Waals surface area contributed by atoms with Gasteiger partial charge in [-0.1, -0.05) is 13.0 Å². The van der Waals surface area contributed by atoms with Crippen LogP contribution in [0.4, 0.5) is 5.69 Å². The first-order valence-corrected chi connectivity index (χ1v) is 8.19. The molecule has 0 aliphatic carbocycles. The normalized spacial score (nSPS) is 18.8. The summed E-state index contributed by atoms with van der Waals surface area (Å²) in [6.45, 7) is 2.03. The standard InChI is InChI=1S/C13H17NO2S2/c1-2-18-11-5-3-4-10(12(11)13(15)16)14-9-6-7-17-8-9/h3-5,9,14H,2,6-8H2,1H3,(H,15,16). The second-order valence-corrected chi connectivity index (χ2v) is 6.58. The van der Waals surface area contributed by atoms with Crippen LogP contribution >= 0.6 is 23.5 Å². The molecule has 0 spiro atoms. The van der Waals surface area contributed by atoms with E-state index in [0.717, 1.165) is 34.3 Å². The van der Waals surface area contributed by atoms with E-state index in [0.29, 0.717) is 11.6 Å². The maximum atomic E-state index is 11.4. The van der Waals surface area contributed by atoms with Crippen LogP contribution in [-0.2, 0) is 0 Å². The van der Waals surface area contributed by atoms with Gasteiger partial charge in [-0.2, -0.15) is 11.8 Å². The molecule has 1 saturated heterocycles. The van der Waals surface area contributed by atoms with Gasteiger partial charge in [-0.15, -0.1) is 11.8 Å². The second kappa shape index (κ2) is 6.38. The Kier molecular flexibility index (Phi) is 4.83. The van der Waals surface area contributed by atoms with Gasteiger partial charge in [-0.05, 0) is 30.1 Å². The highest BCUT2D eigenvalue weighted by Gasteiger charge is 2.20. The van der Waals surface area contributed by atoms with Gasteiger partial charge in [0.05, 0.1) is 11.3 Å². The Labute approximate surface area is 116 Å². The number of hydrogen-bond donors (Lipinski definition) is 2. The van der Waals surface area contributed by atoms with Crippen molar-refractivity contribution in [1.82, 2.24) is 0 Å². The number of hydrogen-bond acceptors (Lipinski definition) is 4. The van der Waals surface area contributed by atoms with Crippen molar-refractivity contribution in [2.45, 2.75) is 24.3 Å². The quantitative estimate of drug-likeness (QED) is 0.811. The van der Waals surface area contributed by atoms with Crippen LogP contribution in [0.3, 0.4) is 0 Å². The zero-order chi connectivity index (χ0) is 13.0. The molecule has 0 saturated carbocycles. The molecule has 1 aromatic carbocycles. The van der Waals surface area contributed by atoms with Crippen molar-refractivity contribution in [3.63, 3.8) is 0 Å². The van der Waals surface area contributed by atoms with Gasteiger partial charge in [0.2, 0.25) is 0 Å². The lowest BCUT2D eigenvalue weighted by atomic mass is 10.1. The van der Waals surface area contributed by atoms with Gasteiger partial charge in [0.15, 0.2) is 0 Å². The molecule has 2 rings (SSSR count). The maximum absolute atomic E-state index is 11.4. The highest BCUT2D eigenvalue weighted by Crippen LogP contribution is 2.30. The third kappa shape index (κ3) is 3.14. The molecule has 1 aliphatic rings. The average molecular weight is 283 g/mol. The zero-order valence-electron chi connectivity index (χ0n) is 10.3. The molecule has 0 radical (unpaired) electrons. The minimum Gasteiger partial charge on any atom is -0.478 e. The lowest BCUT2D eigenvalue weighted by Crippen LogP contribution is -2.20. The van der Waals surface area contributed by atoms with E-state index in [1.165, 1.54) is 0 Å². The van der Waals surface area contributed by atoms with E-state index in [9.17, 15) is 9.90 Å². The SMILES string of the molecule is CCSc1cccc(NC2CCSC2)c1C(=O)O. The Morgan fingerprint density at radius 3 is 3.06 bits per heavy atom. The highest BCUT2D eigenvalue weighted by atomic mass is 32.2. The van der Waals surface area contributed by atoms with Crippen molar-refractivity contribution in [2.75, 3.05) is 22.6 Å². The molecule has 98 valence electrons. The monoisotopic (exact) mass is 283 g/mol. The van der Waals surface area contributed by atoms with Crippen LogP contribution in [0.5, 0.6) is 0 Å².